The Balaban J connectivity index is 1.92. The van der Waals surface area contributed by atoms with E-state index >= 15 is 0 Å². The summed E-state index contributed by atoms with van der Waals surface area (Å²) in [6, 6.07) is 9.45. The van der Waals surface area contributed by atoms with Gasteiger partial charge in [-0.05, 0) is 25.0 Å². The lowest BCUT2D eigenvalue weighted by atomic mass is 10.00. The second-order valence-corrected chi connectivity index (χ2v) is 5.59. The van der Waals surface area contributed by atoms with Gasteiger partial charge in [0.1, 0.15) is 5.75 Å². The Labute approximate surface area is 123 Å². The van der Waals surface area contributed by atoms with Gasteiger partial charge in [0.15, 0.2) is 5.76 Å². The molecule has 3 rings (SSSR count). The number of methoxy groups -OCH3 is 1. The Morgan fingerprint density at radius 1 is 1.33 bits per heavy atom. The molecule has 0 unspecified atom stereocenters. The smallest absolute Gasteiger partial charge is 0.234 e. The molecule has 110 valence electrons. The van der Waals surface area contributed by atoms with Crippen LogP contribution in [0, 0.1) is 0 Å². The van der Waals surface area contributed by atoms with E-state index in [1.807, 2.05) is 30.3 Å². The van der Waals surface area contributed by atoms with Crippen LogP contribution < -0.4 is 4.74 Å². The number of hydrogen-bond acceptors (Lipinski definition) is 4. The quantitative estimate of drug-likeness (QED) is 0.866. The molecule has 0 atom stereocenters. The molecule has 0 saturated heterocycles. The van der Waals surface area contributed by atoms with E-state index < -0.39 is 5.41 Å². The summed E-state index contributed by atoms with van der Waals surface area (Å²) in [4.78, 5) is 13.9. The van der Waals surface area contributed by atoms with Crippen LogP contribution in [-0.4, -0.2) is 37.2 Å². The Kier molecular flexibility index (Phi) is 3.20. The van der Waals surface area contributed by atoms with Gasteiger partial charge in [0.2, 0.25) is 5.91 Å². The molecule has 1 amide bonds. The number of nitrogens with zero attached hydrogens (tertiary/aromatic N) is 2. The minimum absolute atomic E-state index is 0.0907. The van der Waals surface area contributed by atoms with Gasteiger partial charge in [-0.2, -0.15) is 0 Å². The highest BCUT2D eigenvalue weighted by Crippen LogP contribution is 2.49. The average molecular weight is 286 g/mol. The number of amides is 1. The fourth-order valence-electron chi connectivity index (χ4n) is 2.55. The van der Waals surface area contributed by atoms with E-state index in [2.05, 4.69) is 5.16 Å². The van der Waals surface area contributed by atoms with Crippen molar-refractivity contribution in [2.75, 3.05) is 21.2 Å². The Morgan fingerprint density at radius 3 is 2.71 bits per heavy atom. The van der Waals surface area contributed by atoms with Crippen LogP contribution in [0.4, 0.5) is 0 Å². The van der Waals surface area contributed by atoms with Crippen molar-refractivity contribution in [1.29, 1.82) is 0 Å². The number of benzene rings is 1. The van der Waals surface area contributed by atoms with E-state index in [-0.39, 0.29) is 5.91 Å². The van der Waals surface area contributed by atoms with Gasteiger partial charge in [0.05, 0.1) is 18.2 Å². The SMILES string of the molecule is COc1cccc(-c2cc(C3(C(=O)N(C)C)CC3)no2)c1. The molecule has 0 aliphatic heterocycles. The fraction of sp³-hybridized carbons (Fsp3) is 0.375. The van der Waals surface area contributed by atoms with E-state index in [1.54, 1.807) is 26.1 Å². The van der Waals surface area contributed by atoms with Gasteiger partial charge in [-0.3, -0.25) is 4.79 Å². The molecule has 1 aromatic heterocycles. The van der Waals surface area contributed by atoms with E-state index in [9.17, 15) is 4.79 Å². The second kappa shape index (κ2) is 4.91. The lowest BCUT2D eigenvalue weighted by Crippen LogP contribution is -2.33. The summed E-state index contributed by atoms with van der Waals surface area (Å²) in [6.45, 7) is 0. The predicted octanol–water partition coefficient (Wildman–Crippen LogP) is 2.47. The van der Waals surface area contributed by atoms with E-state index in [0.717, 1.165) is 29.8 Å². The van der Waals surface area contributed by atoms with E-state index in [0.29, 0.717) is 5.76 Å². The normalized spacial score (nSPS) is 15.6. The topological polar surface area (TPSA) is 55.6 Å². The number of hydrogen-bond donors (Lipinski definition) is 0. The number of carbonyl (C=O) groups is 1. The largest absolute Gasteiger partial charge is 0.497 e. The first-order chi connectivity index (χ1) is 10.1. The molecular weight excluding hydrogens is 268 g/mol. The molecule has 1 aromatic carbocycles. The van der Waals surface area contributed by atoms with E-state index in [4.69, 9.17) is 9.26 Å². The van der Waals surface area contributed by atoms with E-state index in [1.165, 1.54) is 0 Å². The molecule has 0 N–H and O–H groups in total. The maximum absolute atomic E-state index is 12.3. The molecule has 5 heteroatoms. The third kappa shape index (κ3) is 2.28. The summed E-state index contributed by atoms with van der Waals surface area (Å²) in [5, 5.41) is 4.12. The second-order valence-electron chi connectivity index (χ2n) is 5.59. The van der Waals surface area contributed by atoms with Crippen molar-refractivity contribution in [1.82, 2.24) is 10.1 Å². The third-order valence-electron chi connectivity index (χ3n) is 3.92. The lowest BCUT2D eigenvalue weighted by molar-refractivity contribution is -0.131. The predicted molar refractivity (Wildman–Crippen MR) is 78.1 cm³/mol. The molecule has 1 saturated carbocycles. The van der Waals surface area contributed by atoms with Crippen molar-refractivity contribution < 1.29 is 14.1 Å². The van der Waals surface area contributed by atoms with Crippen molar-refractivity contribution in [2.45, 2.75) is 18.3 Å². The molecule has 1 aliphatic rings. The molecule has 21 heavy (non-hydrogen) atoms. The van der Waals surface area contributed by atoms with Gasteiger partial charge in [-0.15, -0.1) is 0 Å². The first-order valence-electron chi connectivity index (χ1n) is 6.90. The fourth-order valence-corrected chi connectivity index (χ4v) is 2.55. The Hall–Kier alpha value is -2.30. The van der Waals surface area contributed by atoms with Crippen molar-refractivity contribution in [3.63, 3.8) is 0 Å². The van der Waals surface area contributed by atoms with Crippen molar-refractivity contribution in [3.8, 4) is 17.1 Å². The summed E-state index contributed by atoms with van der Waals surface area (Å²) in [7, 11) is 5.16. The van der Waals surface area contributed by atoms with Crippen LogP contribution in [0.3, 0.4) is 0 Å². The van der Waals surface area contributed by atoms with Crippen molar-refractivity contribution in [3.05, 3.63) is 36.0 Å². The van der Waals surface area contributed by atoms with Gasteiger partial charge in [-0.1, -0.05) is 17.3 Å². The minimum Gasteiger partial charge on any atom is -0.497 e. The summed E-state index contributed by atoms with van der Waals surface area (Å²) in [5.41, 5.74) is 1.13. The van der Waals surface area contributed by atoms with Gasteiger partial charge in [0, 0.05) is 25.7 Å². The maximum atomic E-state index is 12.3. The molecule has 5 nitrogen and oxygen atoms in total. The van der Waals surface area contributed by atoms with Crippen molar-refractivity contribution >= 4 is 5.91 Å². The molecule has 1 heterocycles. The molecule has 1 aliphatic carbocycles. The number of rotatable bonds is 4. The zero-order valence-electron chi connectivity index (χ0n) is 12.4. The van der Waals surface area contributed by atoms with Crippen LogP contribution in [0.25, 0.3) is 11.3 Å². The Morgan fingerprint density at radius 2 is 2.10 bits per heavy atom. The zero-order chi connectivity index (χ0) is 15.0. The molecule has 0 spiro atoms. The minimum atomic E-state index is -0.482. The zero-order valence-corrected chi connectivity index (χ0v) is 12.4. The average Bonchev–Trinajstić information content (AvgIpc) is 3.16. The van der Waals surface area contributed by atoms with Crippen molar-refractivity contribution in [2.24, 2.45) is 0 Å². The van der Waals surface area contributed by atoms with Crippen LogP contribution >= 0.6 is 0 Å². The first-order valence-corrected chi connectivity index (χ1v) is 6.90. The number of carbonyl (C=O) groups excluding carboxylic acids is 1. The van der Waals surface area contributed by atoms with Crippen LogP contribution in [-0.2, 0) is 10.2 Å². The number of aromatic nitrogens is 1. The highest BCUT2D eigenvalue weighted by Gasteiger charge is 2.54. The van der Waals surface area contributed by atoms with Gasteiger partial charge < -0.3 is 14.2 Å². The van der Waals surface area contributed by atoms with Gasteiger partial charge in [-0.25, -0.2) is 0 Å². The molecule has 2 aromatic rings. The first kappa shape index (κ1) is 13.7. The highest BCUT2D eigenvalue weighted by atomic mass is 16.5. The summed E-state index contributed by atoms with van der Waals surface area (Å²) >= 11 is 0. The number of likely N-dealkylation sites (N-methyl/N-ethyl adjacent to an activating group) is 1. The Bertz CT molecular complexity index is 672. The van der Waals surface area contributed by atoms with Crippen LogP contribution in [0.5, 0.6) is 5.75 Å². The van der Waals surface area contributed by atoms with Gasteiger partial charge in [0.25, 0.3) is 0 Å². The van der Waals surface area contributed by atoms with Crippen LogP contribution in [0.15, 0.2) is 34.9 Å². The highest BCUT2D eigenvalue weighted by molar-refractivity contribution is 5.90. The van der Waals surface area contributed by atoms with Crippen LogP contribution in [0.2, 0.25) is 0 Å². The summed E-state index contributed by atoms with van der Waals surface area (Å²) in [6.07, 6.45) is 1.65. The van der Waals surface area contributed by atoms with Gasteiger partial charge >= 0.3 is 0 Å². The monoisotopic (exact) mass is 286 g/mol. The summed E-state index contributed by atoms with van der Waals surface area (Å²) < 4.78 is 10.6. The molecular formula is C16H18N2O3. The third-order valence-corrected chi connectivity index (χ3v) is 3.92. The summed E-state index contributed by atoms with van der Waals surface area (Å²) in [5.74, 6) is 1.51. The maximum Gasteiger partial charge on any atom is 0.234 e. The molecule has 0 radical (unpaired) electrons. The van der Waals surface area contributed by atoms with Crippen LogP contribution in [0.1, 0.15) is 18.5 Å². The number of ether oxygens (including phenoxy) is 1. The standard InChI is InChI=1S/C16H18N2O3/c1-18(2)15(19)16(7-8-16)14-10-13(21-17-14)11-5-4-6-12(9-11)20-3/h4-6,9-10H,7-8H2,1-3H3. The lowest BCUT2D eigenvalue weighted by Gasteiger charge is -2.16. The molecule has 0 bridgehead atoms. The molecule has 1 fully saturated rings.